The molecule has 0 radical (unpaired) electrons. The number of para-hydroxylation sites is 1. The highest BCUT2D eigenvalue weighted by atomic mass is 32.2. The highest BCUT2D eigenvalue weighted by molar-refractivity contribution is 7.93. The van der Waals surface area contributed by atoms with Gasteiger partial charge in [-0.15, -0.1) is 0 Å². The maximum atomic E-state index is 12.5. The number of nitrogens with two attached hydrogens (primary N) is 1. The Morgan fingerprint density at radius 1 is 1.30 bits per heavy atom. The molecule has 1 aromatic rings. The van der Waals surface area contributed by atoms with Gasteiger partial charge in [-0.3, -0.25) is 0 Å². The molecule has 23 heavy (non-hydrogen) atoms. The van der Waals surface area contributed by atoms with Gasteiger partial charge in [-0.1, -0.05) is 30.9 Å². The molecule has 0 aromatic heterocycles. The first kappa shape index (κ1) is 17.3. The van der Waals surface area contributed by atoms with Gasteiger partial charge in [-0.2, -0.15) is 0 Å². The number of sulfonamides is 1. The Kier molecular flexibility index (Phi) is 4.97. The van der Waals surface area contributed by atoms with E-state index in [2.05, 4.69) is 16.6 Å². The third-order valence-corrected chi connectivity index (χ3v) is 5.40. The van der Waals surface area contributed by atoms with E-state index in [0.29, 0.717) is 5.70 Å². The molecule has 0 heterocycles. The summed E-state index contributed by atoms with van der Waals surface area (Å²) in [4.78, 5) is 0.163. The zero-order chi connectivity index (χ0) is 17.1. The number of allylic oxidation sites excluding steroid dienone is 2. The third kappa shape index (κ3) is 4.71. The van der Waals surface area contributed by atoms with Crippen LogP contribution < -0.4 is 15.8 Å². The Morgan fingerprint density at radius 3 is 2.39 bits per heavy atom. The standard InChI is InChI=1S/C17H23N3O2S/c1-4-15(23(21,22)20-17(3)10-11-17)12-16(13(2)18)19-14-8-6-5-7-9-14/h4-9,12,19-20H,2,10-11,18H2,1,3H3/b15-4+,16-12+. The number of hydrogen-bond donors (Lipinski definition) is 3. The molecular weight excluding hydrogens is 310 g/mol. The monoisotopic (exact) mass is 333 g/mol. The van der Waals surface area contributed by atoms with Gasteiger partial charge in [0.1, 0.15) is 0 Å². The molecule has 0 bridgehead atoms. The molecule has 1 saturated carbocycles. The van der Waals surface area contributed by atoms with Gasteiger partial charge in [0.2, 0.25) is 10.0 Å². The average Bonchev–Trinajstić information content (AvgIpc) is 3.20. The molecule has 2 rings (SSSR count). The smallest absolute Gasteiger partial charge is 0.240 e. The fourth-order valence-corrected chi connectivity index (χ4v) is 3.57. The van der Waals surface area contributed by atoms with Crippen molar-refractivity contribution in [1.82, 2.24) is 4.72 Å². The van der Waals surface area contributed by atoms with Crippen LogP contribution in [0.4, 0.5) is 5.69 Å². The lowest BCUT2D eigenvalue weighted by Crippen LogP contribution is -2.34. The summed E-state index contributed by atoms with van der Waals surface area (Å²) in [6, 6.07) is 9.38. The number of nitrogens with one attached hydrogen (secondary N) is 2. The largest absolute Gasteiger partial charge is 0.398 e. The molecule has 4 N–H and O–H groups in total. The minimum Gasteiger partial charge on any atom is -0.398 e. The van der Waals surface area contributed by atoms with E-state index < -0.39 is 10.0 Å². The minimum atomic E-state index is -3.59. The lowest BCUT2D eigenvalue weighted by molar-refractivity contribution is 0.565. The van der Waals surface area contributed by atoms with Gasteiger partial charge in [-0.05, 0) is 44.9 Å². The molecular formula is C17H23N3O2S. The number of rotatable bonds is 7. The molecule has 5 nitrogen and oxygen atoms in total. The predicted molar refractivity (Wildman–Crippen MR) is 94.9 cm³/mol. The molecule has 1 aliphatic carbocycles. The zero-order valence-electron chi connectivity index (χ0n) is 13.5. The Morgan fingerprint density at radius 2 is 1.91 bits per heavy atom. The summed E-state index contributed by atoms with van der Waals surface area (Å²) in [5.41, 5.74) is 7.00. The maximum absolute atomic E-state index is 12.5. The number of anilines is 1. The molecule has 0 atom stereocenters. The van der Waals surface area contributed by atoms with Crippen LogP contribution in [0.15, 0.2) is 65.4 Å². The Balaban J connectivity index is 2.27. The van der Waals surface area contributed by atoms with Crippen molar-refractivity contribution < 1.29 is 8.42 Å². The van der Waals surface area contributed by atoms with Crippen molar-refractivity contribution >= 4 is 15.7 Å². The fourth-order valence-electron chi connectivity index (χ4n) is 2.02. The third-order valence-electron chi connectivity index (χ3n) is 3.66. The van der Waals surface area contributed by atoms with Crippen molar-refractivity contribution in [3.8, 4) is 0 Å². The van der Waals surface area contributed by atoms with E-state index in [1.54, 1.807) is 13.0 Å². The highest BCUT2D eigenvalue weighted by Crippen LogP contribution is 2.36. The molecule has 1 aliphatic rings. The Hall–Kier alpha value is -2.05. The van der Waals surface area contributed by atoms with E-state index >= 15 is 0 Å². The van der Waals surface area contributed by atoms with Gasteiger partial charge in [-0.25, -0.2) is 13.1 Å². The molecule has 0 spiro atoms. The maximum Gasteiger partial charge on any atom is 0.240 e. The van der Waals surface area contributed by atoms with Gasteiger partial charge in [0.15, 0.2) is 0 Å². The highest BCUT2D eigenvalue weighted by Gasteiger charge is 2.41. The number of benzene rings is 1. The second-order valence-corrected chi connectivity index (χ2v) is 7.61. The first-order valence-electron chi connectivity index (χ1n) is 7.44. The van der Waals surface area contributed by atoms with Crippen LogP contribution in [-0.4, -0.2) is 14.0 Å². The van der Waals surface area contributed by atoms with Crippen molar-refractivity contribution in [1.29, 1.82) is 0 Å². The van der Waals surface area contributed by atoms with Gasteiger partial charge in [0.05, 0.1) is 10.6 Å². The van der Waals surface area contributed by atoms with Crippen molar-refractivity contribution in [3.05, 3.63) is 65.4 Å². The minimum absolute atomic E-state index is 0.163. The lowest BCUT2D eigenvalue weighted by Gasteiger charge is -2.15. The molecule has 0 unspecified atom stereocenters. The molecule has 6 heteroatoms. The molecule has 0 saturated heterocycles. The van der Waals surface area contributed by atoms with Gasteiger partial charge in [0.25, 0.3) is 0 Å². The van der Waals surface area contributed by atoms with Crippen LogP contribution in [0.3, 0.4) is 0 Å². The van der Waals surface area contributed by atoms with Crippen LogP contribution in [0.2, 0.25) is 0 Å². The Bertz CT molecular complexity index is 745. The van der Waals surface area contributed by atoms with Crippen LogP contribution in [0, 0.1) is 0 Å². The predicted octanol–water partition coefficient (Wildman–Crippen LogP) is 2.83. The van der Waals surface area contributed by atoms with E-state index in [0.717, 1.165) is 18.5 Å². The van der Waals surface area contributed by atoms with Crippen molar-refractivity contribution in [2.45, 2.75) is 32.2 Å². The van der Waals surface area contributed by atoms with E-state index in [1.807, 2.05) is 37.3 Å². The SMILES string of the molecule is C=C(N)/C(=C\C(=C/C)S(=O)(=O)NC1(C)CC1)Nc1ccccc1. The summed E-state index contributed by atoms with van der Waals surface area (Å²) in [5, 5.41) is 3.10. The summed E-state index contributed by atoms with van der Waals surface area (Å²) in [7, 11) is -3.59. The zero-order valence-corrected chi connectivity index (χ0v) is 14.3. The number of hydrogen-bond acceptors (Lipinski definition) is 4. The second kappa shape index (κ2) is 6.60. The summed E-state index contributed by atoms with van der Waals surface area (Å²) in [6.45, 7) is 7.29. The normalized spacial score (nSPS) is 17.7. The molecule has 0 aliphatic heterocycles. The average molecular weight is 333 g/mol. The van der Waals surface area contributed by atoms with E-state index in [1.165, 1.54) is 6.08 Å². The molecule has 1 fully saturated rings. The van der Waals surface area contributed by atoms with E-state index in [-0.39, 0.29) is 16.1 Å². The first-order chi connectivity index (χ1) is 10.8. The van der Waals surface area contributed by atoms with E-state index in [9.17, 15) is 8.42 Å². The van der Waals surface area contributed by atoms with Crippen LogP contribution in [0.5, 0.6) is 0 Å². The van der Waals surface area contributed by atoms with Crippen LogP contribution >= 0.6 is 0 Å². The van der Waals surface area contributed by atoms with Gasteiger partial charge >= 0.3 is 0 Å². The quantitative estimate of drug-likeness (QED) is 0.670. The molecule has 124 valence electrons. The first-order valence-corrected chi connectivity index (χ1v) is 8.93. The van der Waals surface area contributed by atoms with Gasteiger partial charge in [0, 0.05) is 16.9 Å². The lowest BCUT2D eigenvalue weighted by atomic mass is 10.2. The van der Waals surface area contributed by atoms with Crippen molar-refractivity contribution in [3.63, 3.8) is 0 Å². The van der Waals surface area contributed by atoms with Crippen LogP contribution in [0.1, 0.15) is 26.7 Å². The fraction of sp³-hybridized carbons (Fsp3) is 0.294. The molecule has 1 aromatic carbocycles. The molecule has 0 amide bonds. The second-order valence-electron chi connectivity index (χ2n) is 5.93. The van der Waals surface area contributed by atoms with Crippen molar-refractivity contribution in [2.24, 2.45) is 5.73 Å². The Labute approximate surface area is 138 Å². The topological polar surface area (TPSA) is 84.2 Å². The van der Waals surface area contributed by atoms with Crippen LogP contribution in [0.25, 0.3) is 0 Å². The van der Waals surface area contributed by atoms with Gasteiger partial charge < -0.3 is 11.1 Å². The summed E-state index contributed by atoms with van der Waals surface area (Å²) >= 11 is 0. The summed E-state index contributed by atoms with van der Waals surface area (Å²) < 4.78 is 27.7. The van der Waals surface area contributed by atoms with E-state index in [4.69, 9.17) is 5.73 Å². The van der Waals surface area contributed by atoms with Crippen LogP contribution in [-0.2, 0) is 10.0 Å². The van der Waals surface area contributed by atoms with Crippen molar-refractivity contribution in [2.75, 3.05) is 5.32 Å². The summed E-state index contributed by atoms with van der Waals surface area (Å²) in [6.07, 6.45) is 4.75. The summed E-state index contributed by atoms with van der Waals surface area (Å²) in [5.74, 6) is 0.